The van der Waals surface area contributed by atoms with E-state index in [9.17, 15) is 0 Å². The van der Waals surface area contributed by atoms with Gasteiger partial charge in [0, 0.05) is 6.17 Å². The van der Waals surface area contributed by atoms with Crippen LogP contribution in [0, 0.1) is 0 Å². The van der Waals surface area contributed by atoms with E-state index in [0.717, 1.165) is 6.17 Å². The molecule has 0 aromatic heterocycles. The third-order valence-electron chi connectivity index (χ3n) is 1.03. The van der Waals surface area contributed by atoms with Crippen LogP contribution in [0.3, 0.4) is 0 Å². The minimum Gasteiger partial charge on any atom is -0.321 e. The van der Waals surface area contributed by atoms with E-state index in [1.807, 2.05) is 7.05 Å². The van der Waals surface area contributed by atoms with Crippen molar-refractivity contribution in [1.29, 1.82) is 0 Å². The molecule has 0 fully saturated rings. The van der Waals surface area contributed by atoms with Gasteiger partial charge in [-0.1, -0.05) is 13.3 Å². The second-order valence-electron chi connectivity index (χ2n) is 1.94. The lowest BCUT2D eigenvalue weighted by molar-refractivity contribution is 0.946. The van der Waals surface area contributed by atoms with Gasteiger partial charge in [0.15, 0.2) is 8.11 Å². The van der Waals surface area contributed by atoms with E-state index < -0.39 is 8.11 Å². The standard InChI is InChI=1S/C5H14ClNSi/c1-3-4-8(6)5-7-2/h7-8H,3-5H2,1-2H3. The van der Waals surface area contributed by atoms with Gasteiger partial charge in [0.2, 0.25) is 0 Å². The van der Waals surface area contributed by atoms with E-state index in [0.29, 0.717) is 0 Å². The van der Waals surface area contributed by atoms with Crippen molar-refractivity contribution in [2.45, 2.75) is 19.4 Å². The summed E-state index contributed by atoms with van der Waals surface area (Å²) in [4.78, 5) is 0. The molecule has 0 spiro atoms. The summed E-state index contributed by atoms with van der Waals surface area (Å²) in [5, 5.41) is 3.08. The molecule has 0 radical (unpaired) electrons. The number of hydrogen-bond acceptors (Lipinski definition) is 1. The van der Waals surface area contributed by atoms with Gasteiger partial charge in [-0.05, 0) is 13.1 Å². The van der Waals surface area contributed by atoms with Crippen LogP contribution >= 0.6 is 11.1 Å². The summed E-state index contributed by atoms with van der Waals surface area (Å²) >= 11 is 5.96. The molecule has 1 nitrogen and oxygen atoms in total. The first-order chi connectivity index (χ1) is 3.81. The van der Waals surface area contributed by atoms with E-state index in [2.05, 4.69) is 12.2 Å². The Balaban J connectivity index is 2.92. The van der Waals surface area contributed by atoms with E-state index >= 15 is 0 Å². The smallest absolute Gasteiger partial charge is 0.154 e. The fourth-order valence-electron chi connectivity index (χ4n) is 0.637. The van der Waals surface area contributed by atoms with Gasteiger partial charge in [-0.3, -0.25) is 0 Å². The molecule has 3 heteroatoms. The molecule has 0 aliphatic rings. The van der Waals surface area contributed by atoms with Crippen molar-refractivity contribution in [3.8, 4) is 0 Å². The molecule has 0 saturated carbocycles. The summed E-state index contributed by atoms with van der Waals surface area (Å²) in [6, 6.07) is 1.25. The van der Waals surface area contributed by atoms with Gasteiger partial charge < -0.3 is 5.32 Å². The van der Waals surface area contributed by atoms with Gasteiger partial charge in [-0.25, -0.2) is 0 Å². The quantitative estimate of drug-likeness (QED) is 0.469. The minimum atomic E-state index is -0.841. The van der Waals surface area contributed by atoms with Gasteiger partial charge in [0.1, 0.15) is 0 Å². The normalized spacial score (nSPS) is 13.9. The Labute approximate surface area is 57.7 Å². The summed E-state index contributed by atoms with van der Waals surface area (Å²) in [5.74, 6) is 0. The van der Waals surface area contributed by atoms with Crippen molar-refractivity contribution < 1.29 is 0 Å². The Morgan fingerprint density at radius 2 is 2.25 bits per heavy atom. The predicted molar refractivity (Wildman–Crippen MR) is 42.0 cm³/mol. The largest absolute Gasteiger partial charge is 0.321 e. The van der Waals surface area contributed by atoms with Crippen molar-refractivity contribution in [2.24, 2.45) is 0 Å². The van der Waals surface area contributed by atoms with Crippen LogP contribution in [0.2, 0.25) is 6.04 Å². The molecular weight excluding hydrogens is 138 g/mol. The maximum atomic E-state index is 5.96. The summed E-state index contributed by atoms with van der Waals surface area (Å²) < 4.78 is 0. The van der Waals surface area contributed by atoms with Gasteiger partial charge >= 0.3 is 0 Å². The van der Waals surface area contributed by atoms with E-state index in [-0.39, 0.29) is 0 Å². The van der Waals surface area contributed by atoms with Crippen LogP contribution in [0.4, 0.5) is 0 Å². The first-order valence-corrected chi connectivity index (χ1v) is 6.47. The second-order valence-corrected chi connectivity index (χ2v) is 5.98. The molecule has 50 valence electrons. The Hall–Kier alpha value is 0.467. The Kier molecular flexibility index (Phi) is 5.93. The van der Waals surface area contributed by atoms with Crippen molar-refractivity contribution in [2.75, 3.05) is 13.2 Å². The highest BCUT2D eigenvalue weighted by molar-refractivity contribution is 7.07. The lowest BCUT2D eigenvalue weighted by Gasteiger charge is -2.02. The highest BCUT2D eigenvalue weighted by Gasteiger charge is 2.01. The zero-order valence-corrected chi connectivity index (χ0v) is 7.49. The van der Waals surface area contributed by atoms with Crippen LogP contribution in [0.15, 0.2) is 0 Å². The average Bonchev–Trinajstić information content (AvgIpc) is 1.68. The maximum Gasteiger partial charge on any atom is 0.154 e. The number of halogens is 1. The summed E-state index contributed by atoms with van der Waals surface area (Å²) in [6.45, 7) is 2.18. The zero-order valence-electron chi connectivity index (χ0n) is 5.58. The molecule has 0 aromatic carbocycles. The zero-order chi connectivity index (χ0) is 6.41. The fraction of sp³-hybridized carbons (Fsp3) is 1.00. The third kappa shape index (κ3) is 4.62. The topological polar surface area (TPSA) is 12.0 Å². The molecule has 1 unspecified atom stereocenters. The van der Waals surface area contributed by atoms with E-state index in [1.54, 1.807) is 0 Å². The number of nitrogens with one attached hydrogen (secondary N) is 1. The fourth-order valence-corrected chi connectivity index (χ4v) is 3.03. The van der Waals surface area contributed by atoms with Crippen LogP contribution in [0.1, 0.15) is 13.3 Å². The number of rotatable bonds is 4. The SMILES string of the molecule is CCC[SiH](Cl)CNC. The van der Waals surface area contributed by atoms with Crippen LogP contribution in [0.5, 0.6) is 0 Å². The molecule has 1 N–H and O–H groups in total. The molecule has 1 atom stereocenters. The lowest BCUT2D eigenvalue weighted by atomic mass is 10.6. The molecule has 8 heavy (non-hydrogen) atoms. The molecule has 0 aliphatic carbocycles. The monoisotopic (exact) mass is 151 g/mol. The van der Waals surface area contributed by atoms with Crippen molar-refractivity contribution in [3.63, 3.8) is 0 Å². The van der Waals surface area contributed by atoms with Crippen LogP contribution in [-0.4, -0.2) is 21.3 Å². The third-order valence-corrected chi connectivity index (χ3v) is 4.20. The second kappa shape index (κ2) is 5.60. The molecule has 0 aromatic rings. The minimum absolute atomic E-state index is 0.841. The average molecular weight is 152 g/mol. The Bertz CT molecular complexity index is 45.7. The molecule has 0 amide bonds. The summed E-state index contributed by atoms with van der Waals surface area (Å²) in [7, 11) is 1.12. The highest BCUT2D eigenvalue weighted by atomic mass is 35.6. The van der Waals surface area contributed by atoms with Crippen molar-refractivity contribution in [3.05, 3.63) is 0 Å². The summed E-state index contributed by atoms with van der Waals surface area (Å²) in [6.07, 6.45) is 2.30. The van der Waals surface area contributed by atoms with Crippen molar-refractivity contribution in [1.82, 2.24) is 5.32 Å². The molecule has 0 bridgehead atoms. The van der Waals surface area contributed by atoms with Gasteiger partial charge in [0.05, 0.1) is 0 Å². The predicted octanol–water partition coefficient (Wildman–Crippen LogP) is 1.12. The van der Waals surface area contributed by atoms with Crippen LogP contribution in [-0.2, 0) is 0 Å². The molecular formula is C5H14ClNSi. The first kappa shape index (κ1) is 8.47. The van der Waals surface area contributed by atoms with Gasteiger partial charge in [0.25, 0.3) is 0 Å². The lowest BCUT2D eigenvalue weighted by Crippen LogP contribution is -2.22. The van der Waals surface area contributed by atoms with E-state index in [1.165, 1.54) is 12.5 Å². The van der Waals surface area contributed by atoms with Crippen molar-refractivity contribution >= 4 is 19.2 Å². The van der Waals surface area contributed by atoms with Gasteiger partial charge in [-0.2, -0.15) is 11.1 Å². The van der Waals surface area contributed by atoms with Crippen LogP contribution in [0.25, 0.3) is 0 Å². The molecule has 0 saturated heterocycles. The maximum absolute atomic E-state index is 5.96. The molecule has 0 heterocycles. The summed E-state index contributed by atoms with van der Waals surface area (Å²) in [5.41, 5.74) is 0. The van der Waals surface area contributed by atoms with Gasteiger partial charge in [-0.15, -0.1) is 0 Å². The Morgan fingerprint density at radius 1 is 1.62 bits per heavy atom. The van der Waals surface area contributed by atoms with E-state index in [4.69, 9.17) is 11.1 Å². The van der Waals surface area contributed by atoms with Crippen LogP contribution < -0.4 is 5.32 Å². The molecule has 0 aliphatic heterocycles. The Morgan fingerprint density at radius 3 is 2.62 bits per heavy atom. The molecule has 0 rings (SSSR count). The number of hydrogen-bond donors (Lipinski definition) is 1. The first-order valence-electron chi connectivity index (χ1n) is 3.10. The highest BCUT2D eigenvalue weighted by Crippen LogP contribution is 1.98.